The van der Waals surface area contributed by atoms with Crippen molar-refractivity contribution >= 4 is 15.9 Å². The van der Waals surface area contributed by atoms with Gasteiger partial charge in [0.1, 0.15) is 0 Å². The molecular formula is C8H15BrO. The Hall–Kier alpha value is 0.440. The van der Waals surface area contributed by atoms with E-state index in [-0.39, 0.29) is 0 Å². The van der Waals surface area contributed by atoms with Crippen molar-refractivity contribution in [1.82, 2.24) is 0 Å². The number of hydrogen-bond acceptors (Lipinski definition) is 1. The summed E-state index contributed by atoms with van der Waals surface area (Å²) in [5.41, 5.74) is 0. The Morgan fingerprint density at radius 1 is 1.30 bits per heavy atom. The molecule has 2 heteroatoms. The fourth-order valence-electron chi connectivity index (χ4n) is 1.37. The van der Waals surface area contributed by atoms with Crippen LogP contribution in [-0.2, 0) is 4.74 Å². The predicted molar refractivity (Wildman–Crippen MR) is 46.5 cm³/mol. The van der Waals surface area contributed by atoms with E-state index in [2.05, 4.69) is 36.7 Å². The molecule has 0 aliphatic carbocycles. The van der Waals surface area contributed by atoms with E-state index in [1.54, 1.807) is 0 Å². The Balaban J connectivity index is 2.49. The Bertz CT molecular complexity index is 104. The molecule has 1 rings (SSSR count). The van der Waals surface area contributed by atoms with Gasteiger partial charge in [-0.05, 0) is 26.2 Å². The molecule has 0 aromatic rings. The lowest BCUT2D eigenvalue weighted by atomic mass is 9.95. The zero-order valence-electron chi connectivity index (χ0n) is 6.80. The number of hydrogen-bond donors (Lipinski definition) is 0. The number of alkyl halides is 1. The van der Waals surface area contributed by atoms with Gasteiger partial charge in [0, 0.05) is 4.83 Å². The zero-order chi connectivity index (χ0) is 7.72. The van der Waals surface area contributed by atoms with Crippen LogP contribution in [0.1, 0.15) is 27.2 Å². The second kappa shape index (κ2) is 3.22. The second-order valence-electron chi connectivity index (χ2n) is 3.26. The third kappa shape index (κ3) is 1.73. The topological polar surface area (TPSA) is 9.23 Å². The Kier molecular flexibility index (Phi) is 2.75. The molecule has 0 amide bonds. The van der Waals surface area contributed by atoms with Gasteiger partial charge < -0.3 is 4.74 Å². The fourth-order valence-corrected chi connectivity index (χ4v) is 2.33. The van der Waals surface area contributed by atoms with Crippen molar-refractivity contribution in [3.05, 3.63) is 0 Å². The van der Waals surface area contributed by atoms with Gasteiger partial charge in [0.2, 0.25) is 0 Å². The van der Waals surface area contributed by atoms with Gasteiger partial charge in [-0.3, -0.25) is 0 Å². The van der Waals surface area contributed by atoms with Gasteiger partial charge in [-0.1, -0.05) is 22.9 Å². The van der Waals surface area contributed by atoms with Crippen molar-refractivity contribution in [1.29, 1.82) is 0 Å². The minimum atomic E-state index is 0.410. The number of rotatable bonds is 0. The summed E-state index contributed by atoms with van der Waals surface area (Å²) in [5, 5.41) is 0. The van der Waals surface area contributed by atoms with E-state index < -0.39 is 0 Å². The molecule has 0 aromatic heterocycles. The lowest BCUT2D eigenvalue weighted by Crippen LogP contribution is -2.37. The van der Waals surface area contributed by atoms with Crippen LogP contribution in [0.2, 0.25) is 0 Å². The number of halogens is 1. The maximum atomic E-state index is 5.64. The fraction of sp³-hybridized carbons (Fsp3) is 1.00. The third-order valence-corrected chi connectivity index (χ3v) is 3.52. The van der Waals surface area contributed by atoms with Crippen LogP contribution in [0.5, 0.6) is 0 Å². The summed E-state index contributed by atoms with van der Waals surface area (Å²) in [5.74, 6) is 0.649. The molecular weight excluding hydrogens is 192 g/mol. The summed E-state index contributed by atoms with van der Waals surface area (Å²) in [4.78, 5) is 0.645. The maximum absolute atomic E-state index is 5.64. The Morgan fingerprint density at radius 3 is 2.40 bits per heavy atom. The average Bonchev–Trinajstić information content (AvgIpc) is 1.82. The van der Waals surface area contributed by atoms with E-state index >= 15 is 0 Å². The summed E-state index contributed by atoms with van der Waals surface area (Å²) in [7, 11) is 0. The molecule has 1 heterocycles. The first-order valence-electron chi connectivity index (χ1n) is 3.90. The summed E-state index contributed by atoms with van der Waals surface area (Å²) in [6, 6.07) is 0. The molecule has 0 bridgehead atoms. The summed E-state index contributed by atoms with van der Waals surface area (Å²) in [6.07, 6.45) is 1.98. The molecule has 1 aliphatic rings. The molecule has 1 fully saturated rings. The highest BCUT2D eigenvalue weighted by molar-refractivity contribution is 9.09. The van der Waals surface area contributed by atoms with E-state index in [4.69, 9.17) is 4.74 Å². The van der Waals surface area contributed by atoms with E-state index in [0.717, 1.165) is 6.42 Å². The van der Waals surface area contributed by atoms with Crippen LogP contribution in [0.3, 0.4) is 0 Å². The maximum Gasteiger partial charge on any atom is 0.0586 e. The van der Waals surface area contributed by atoms with Crippen molar-refractivity contribution in [3.63, 3.8) is 0 Å². The van der Waals surface area contributed by atoms with Crippen LogP contribution < -0.4 is 0 Å². The molecule has 4 unspecified atom stereocenters. The lowest BCUT2D eigenvalue weighted by Gasteiger charge is -2.34. The minimum absolute atomic E-state index is 0.410. The van der Waals surface area contributed by atoms with Gasteiger partial charge in [-0.25, -0.2) is 0 Å². The van der Waals surface area contributed by atoms with Crippen LogP contribution in [0.25, 0.3) is 0 Å². The molecule has 4 atom stereocenters. The highest BCUT2D eigenvalue weighted by Gasteiger charge is 2.29. The predicted octanol–water partition coefficient (Wildman–Crippen LogP) is 2.58. The van der Waals surface area contributed by atoms with Gasteiger partial charge >= 0.3 is 0 Å². The molecule has 1 aliphatic heterocycles. The summed E-state index contributed by atoms with van der Waals surface area (Å²) in [6.45, 7) is 6.52. The normalized spacial score (nSPS) is 49.2. The van der Waals surface area contributed by atoms with Gasteiger partial charge in [-0.15, -0.1) is 0 Å². The van der Waals surface area contributed by atoms with Gasteiger partial charge in [0.05, 0.1) is 12.2 Å². The molecule has 1 nitrogen and oxygen atoms in total. The Morgan fingerprint density at radius 2 is 1.90 bits per heavy atom. The quantitative estimate of drug-likeness (QED) is 0.554. The number of ether oxygens (including phenoxy) is 1. The van der Waals surface area contributed by atoms with Crippen molar-refractivity contribution < 1.29 is 4.74 Å². The van der Waals surface area contributed by atoms with Crippen LogP contribution in [0.4, 0.5) is 0 Å². The van der Waals surface area contributed by atoms with Gasteiger partial charge in [0.15, 0.2) is 0 Å². The van der Waals surface area contributed by atoms with E-state index in [0.29, 0.717) is 23.0 Å². The molecule has 1 saturated heterocycles. The van der Waals surface area contributed by atoms with Crippen LogP contribution in [0.15, 0.2) is 0 Å². The van der Waals surface area contributed by atoms with E-state index in [9.17, 15) is 0 Å². The first kappa shape index (κ1) is 8.54. The average molecular weight is 207 g/mol. The van der Waals surface area contributed by atoms with Crippen molar-refractivity contribution in [3.8, 4) is 0 Å². The van der Waals surface area contributed by atoms with Gasteiger partial charge in [-0.2, -0.15) is 0 Å². The van der Waals surface area contributed by atoms with Crippen molar-refractivity contribution in [2.45, 2.75) is 44.2 Å². The molecule has 0 spiro atoms. The SMILES string of the molecule is CC1CC(Br)C(C)C(C)O1. The molecule has 0 N–H and O–H groups in total. The highest BCUT2D eigenvalue weighted by Crippen LogP contribution is 2.29. The minimum Gasteiger partial charge on any atom is -0.375 e. The zero-order valence-corrected chi connectivity index (χ0v) is 8.39. The monoisotopic (exact) mass is 206 g/mol. The van der Waals surface area contributed by atoms with Crippen molar-refractivity contribution in [2.75, 3.05) is 0 Å². The smallest absolute Gasteiger partial charge is 0.0586 e. The van der Waals surface area contributed by atoms with Gasteiger partial charge in [0.25, 0.3) is 0 Å². The largest absolute Gasteiger partial charge is 0.375 e. The summed E-state index contributed by atoms with van der Waals surface area (Å²) >= 11 is 3.65. The first-order chi connectivity index (χ1) is 4.61. The first-order valence-corrected chi connectivity index (χ1v) is 4.82. The third-order valence-electron chi connectivity index (χ3n) is 2.32. The molecule has 0 aromatic carbocycles. The lowest BCUT2D eigenvalue weighted by molar-refractivity contribution is -0.0550. The molecule has 10 heavy (non-hydrogen) atoms. The second-order valence-corrected chi connectivity index (χ2v) is 4.44. The van der Waals surface area contributed by atoms with E-state index in [1.807, 2.05) is 0 Å². The molecule has 0 saturated carbocycles. The Labute approximate surface area is 71.3 Å². The van der Waals surface area contributed by atoms with Crippen molar-refractivity contribution in [2.24, 2.45) is 5.92 Å². The standard InChI is InChI=1S/C8H15BrO/c1-5-4-8(9)6(2)7(3)10-5/h5-8H,4H2,1-3H3. The van der Waals surface area contributed by atoms with Crippen LogP contribution in [0, 0.1) is 5.92 Å². The van der Waals surface area contributed by atoms with E-state index in [1.165, 1.54) is 0 Å². The van der Waals surface area contributed by atoms with Crippen LogP contribution >= 0.6 is 15.9 Å². The summed E-state index contributed by atoms with van der Waals surface area (Å²) < 4.78 is 5.64. The molecule has 60 valence electrons. The molecule has 0 radical (unpaired) electrons. The highest BCUT2D eigenvalue weighted by atomic mass is 79.9. The van der Waals surface area contributed by atoms with Crippen LogP contribution in [-0.4, -0.2) is 17.0 Å².